The highest BCUT2D eigenvalue weighted by molar-refractivity contribution is 6.00. The molecule has 2 N–H and O–H groups in total. The fraction of sp³-hybridized carbons (Fsp3) is 0.545. The molecule has 0 bridgehead atoms. The minimum atomic E-state index is -0.989. The first kappa shape index (κ1) is 29.1. The maximum absolute atomic E-state index is 13.8. The van der Waals surface area contributed by atoms with Crippen LogP contribution in [0.3, 0.4) is 0 Å². The molecule has 220 valence electrons. The first-order chi connectivity index (χ1) is 19.9. The molecular weight excluding hydrogens is 518 g/mol. The minimum absolute atomic E-state index is 0.0436. The van der Waals surface area contributed by atoms with Crippen molar-refractivity contribution >= 4 is 17.8 Å². The molecule has 0 radical (unpaired) electrons. The highest BCUT2D eigenvalue weighted by atomic mass is 16.5. The van der Waals surface area contributed by atoms with Crippen molar-refractivity contribution < 1.29 is 24.2 Å². The predicted octanol–water partition coefficient (Wildman–Crippen LogP) is 5.61. The summed E-state index contributed by atoms with van der Waals surface area (Å²) in [5, 5.41) is 12.4. The Morgan fingerprint density at radius 3 is 2.44 bits per heavy atom. The molecule has 3 fully saturated rings. The molecule has 1 spiro atoms. The number of carbonyl (C=O) groups excluding carboxylic acids is 2. The number of unbranched alkanes of at least 4 members (excludes halogenated alkanes) is 1. The molecule has 8 nitrogen and oxygen atoms in total. The summed E-state index contributed by atoms with van der Waals surface area (Å²) >= 11 is 0. The Hall–Kier alpha value is -3.39. The first-order valence-electron chi connectivity index (χ1n) is 15.3. The molecule has 2 aromatic rings. The van der Waals surface area contributed by atoms with Crippen LogP contribution in [0.4, 0.5) is 0 Å². The van der Waals surface area contributed by atoms with Gasteiger partial charge in [0.2, 0.25) is 11.8 Å². The Bertz CT molecular complexity index is 1220. The molecule has 2 aromatic carbocycles. The summed E-state index contributed by atoms with van der Waals surface area (Å²) in [6, 6.07) is 13.9. The standard InChI is InChI=1S/C33H43N3O5/c1-2-3-18-36-30(37)29(21-24-8-5-4-6-9-24)34-32(40)33(36)16-19-35(20-17-33)23-25-12-14-27(15-13-25)41-28-11-7-10-26(22-28)31(38)39/h7,10-15,22,24,29H,2-6,8-9,16-21,23H2,1H3,(H,34,40)(H,38,39)/t29-/m0/s1. The van der Waals surface area contributed by atoms with Gasteiger partial charge in [0.25, 0.3) is 0 Å². The van der Waals surface area contributed by atoms with Gasteiger partial charge in [0, 0.05) is 26.2 Å². The number of carboxylic acid groups (broad SMARTS) is 1. The van der Waals surface area contributed by atoms with Crippen LogP contribution >= 0.6 is 0 Å². The maximum Gasteiger partial charge on any atom is 0.335 e. The van der Waals surface area contributed by atoms with Gasteiger partial charge in [-0.05, 0) is 67.5 Å². The molecule has 2 heterocycles. The van der Waals surface area contributed by atoms with Gasteiger partial charge in [-0.25, -0.2) is 4.79 Å². The summed E-state index contributed by atoms with van der Waals surface area (Å²) in [6.07, 6.45) is 10.0. The number of nitrogens with zero attached hydrogens (tertiary/aromatic N) is 2. The second-order valence-corrected chi connectivity index (χ2v) is 12.0. The zero-order chi connectivity index (χ0) is 28.8. The van der Waals surface area contributed by atoms with Crippen molar-refractivity contribution in [3.63, 3.8) is 0 Å². The van der Waals surface area contributed by atoms with E-state index < -0.39 is 11.5 Å². The lowest BCUT2D eigenvalue weighted by Crippen LogP contribution is -2.73. The van der Waals surface area contributed by atoms with Crippen LogP contribution in [0, 0.1) is 5.92 Å². The van der Waals surface area contributed by atoms with E-state index in [1.165, 1.54) is 44.2 Å². The van der Waals surface area contributed by atoms with Crippen LogP contribution in [0.5, 0.6) is 11.5 Å². The largest absolute Gasteiger partial charge is 0.478 e. The summed E-state index contributed by atoms with van der Waals surface area (Å²) in [5.41, 5.74) is 0.573. The molecule has 2 saturated heterocycles. The van der Waals surface area contributed by atoms with E-state index in [4.69, 9.17) is 4.74 Å². The third-order valence-corrected chi connectivity index (χ3v) is 9.17. The molecule has 41 heavy (non-hydrogen) atoms. The van der Waals surface area contributed by atoms with Gasteiger partial charge in [0.15, 0.2) is 0 Å². The van der Waals surface area contributed by atoms with Gasteiger partial charge in [-0.15, -0.1) is 0 Å². The summed E-state index contributed by atoms with van der Waals surface area (Å²) in [5.74, 6) is 0.836. The minimum Gasteiger partial charge on any atom is -0.478 e. The number of carbonyl (C=O) groups is 3. The molecule has 2 amide bonds. The fourth-order valence-corrected chi connectivity index (χ4v) is 6.76. The summed E-state index contributed by atoms with van der Waals surface area (Å²) in [4.78, 5) is 43.0. The van der Waals surface area contributed by atoms with Crippen molar-refractivity contribution in [2.45, 2.75) is 89.3 Å². The predicted molar refractivity (Wildman–Crippen MR) is 157 cm³/mol. The van der Waals surface area contributed by atoms with Crippen molar-refractivity contribution in [2.24, 2.45) is 5.92 Å². The molecule has 1 saturated carbocycles. The smallest absolute Gasteiger partial charge is 0.335 e. The molecule has 5 rings (SSSR count). The van der Waals surface area contributed by atoms with Crippen molar-refractivity contribution in [3.05, 3.63) is 59.7 Å². The highest BCUT2D eigenvalue weighted by Crippen LogP contribution is 2.36. The number of piperazine rings is 1. The second kappa shape index (κ2) is 13.1. The van der Waals surface area contributed by atoms with Crippen molar-refractivity contribution in [3.8, 4) is 11.5 Å². The van der Waals surface area contributed by atoms with E-state index in [-0.39, 0.29) is 23.4 Å². The van der Waals surface area contributed by atoms with Crippen LogP contribution in [-0.2, 0) is 16.1 Å². The summed E-state index contributed by atoms with van der Waals surface area (Å²) < 4.78 is 5.85. The number of hydrogen-bond donors (Lipinski definition) is 2. The molecule has 1 atom stereocenters. The Morgan fingerprint density at radius 2 is 1.76 bits per heavy atom. The lowest BCUT2D eigenvalue weighted by molar-refractivity contribution is -0.162. The number of piperidine rings is 1. The van der Waals surface area contributed by atoms with Crippen molar-refractivity contribution in [1.82, 2.24) is 15.1 Å². The van der Waals surface area contributed by atoms with Gasteiger partial charge in [0.05, 0.1) is 5.56 Å². The van der Waals surface area contributed by atoms with Gasteiger partial charge in [-0.1, -0.05) is 63.6 Å². The van der Waals surface area contributed by atoms with Crippen LogP contribution in [0.25, 0.3) is 0 Å². The van der Waals surface area contributed by atoms with E-state index in [0.717, 1.165) is 44.5 Å². The molecule has 8 heteroatoms. The van der Waals surface area contributed by atoms with Crippen LogP contribution < -0.4 is 10.1 Å². The van der Waals surface area contributed by atoms with E-state index in [0.29, 0.717) is 36.8 Å². The van der Waals surface area contributed by atoms with Crippen LogP contribution in [0.2, 0.25) is 0 Å². The molecule has 1 aliphatic carbocycles. The number of nitrogens with one attached hydrogen (secondary N) is 1. The number of amides is 2. The lowest BCUT2D eigenvalue weighted by atomic mass is 9.79. The van der Waals surface area contributed by atoms with E-state index >= 15 is 0 Å². The number of ether oxygens (including phenoxy) is 1. The SMILES string of the molecule is CCCCN1C(=O)[C@H](CC2CCCCC2)NC(=O)C12CCN(Cc1ccc(Oc3cccc(C(=O)O)c3)cc1)CC2. The highest BCUT2D eigenvalue weighted by Gasteiger charge is 2.53. The first-order valence-corrected chi connectivity index (χ1v) is 15.3. The molecule has 3 aliphatic rings. The average Bonchev–Trinajstić information content (AvgIpc) is 2.98. The summed E-state index contributed by atoms with van der Waals surface area (Å²) in [6.45, 7) is 5.03. The molecule has 0 aromatic heterocycles. The molecule has 0 unspecified atom stereocenters. The average molecular weight is 562 g/mol. The van der Waals surface area contributed by atoms with Gasteiger partial charge >= 0.3 is 5.97 Å². The van der Waals surface area contributed by atoms with Gasteiger partial charge in [-0.3, -0.25) is 14.5 Å². The Kier molecular flexibility index (Phi) is 9.28. The van der Waals surface area contributed by atoms with Crippen LogP contribution in [0.1, 0.15) is 87.1 Å². The van der Waals surface area contributed by atoms with Gasteiger partial charge in [-0.2, -0.15) is 0 Å². The normalized spacial score (nSPS) is 21.6. The molecule has 2 aliphatic heterocycles. The number of hydrogen-bond acceptors (Lipinski definition) is 5. The van der Waals surface area contributed by atoms with E-state index in [1.807, 2.05) is 29.2 Å². The monoisotopic (exact) mass is 561 g/mol. The third-order valence-electron chi connectivity index (χ3n) is 9.17. The zero-order valence-electron chi connectivity index (χ0n) is 24.1. The lowest BCUT2D eigenvalue weighted by Gasteiger charge is -2.52. The fourth-order valence-electron chi connectivity index (χ4n) is 6.76. The maximum atomic E-state index is 13.8. The molecular formula is C33H43N3O5. The van der Waals surface area contributed by atoms with E-state index in [2.05, 4.69) is 17.1 Å². The van der Waals surface area contributed by atoms with E-state index in [1.54, 1.807) is 12.1 Å². The van der Waals surface area contributed by atoms with E-state index in [9.17, 15) is 19.5 Å². The number of aromatic carboxylic acids is 1. The third kappa shape index (κ3) is 6.75. The number of benzene rings is 2. The number of rotatable bonds is 10. The number of likely N-dealkylation sites (tertiary alicyclic amines) is 1. The topological polar surface area (TPSA) is 99.2 Å². The van der Waals surface area contributed by atoms with Crippen molar-refractivity contribution in [2.75, 3.05) is 19.6 Å². The zero-order valence-corrected chi connectivity index (χ0v) is 24.1. The summed E-state index contributed by atoms with van der Waals surface area (Å²) in [7, 11) is 0. The van der Waals surface area contributed by atoms with Gasteiger partial charge in [0.1, 0.15) is 23.1 Å². The Labute approximate surface area is 243 Å². The van der Waals surface area contributed by atoms with Crippen molar-refractivity contribution in [1.29, 1.82) is 0 Å². The van der Waals surface area contributed by atoms with Crippen LogP contribution in [0.15, 0.2) is 48.5 Å². The van der Waals surface area contributed by atoms with Crippen LogP contribution in [-0.4, -0.2) is 63.9 Å². The number of carboxylic acids is 1. The quantitative estimate of drug-likeness (QED) is 0.391. The van der Waals surface area contributed by atoms with Gasteiger partial charge < -0.3 is 20.1 Å². The Morgan fingerprint density at radius 1 is 1.02 bits per heavy atom. The Balaban J connectivity index is 1.19. The second-order valence-electron chi connectivity index (χ2n) is 12.0.